The Morgan fingerprint density at radius 1 is 0.900 bits per heavy atom. The zero-order chi connectivity index (χ0) is 21.5. The molecule has 2 aromatic carbocycles. The number of nitrogens with zero attached hydrogens (tertiary/aromatic N) is 1. The van der Waals surface area contributed by atoms with Crippen LogP contribution < -0.4 is 26.6 Å². The molecule has 30 heavy (non-hydrogen) atoms. The second kappa shape index (κ2) is 9.89. The molecule has 0 amide bonds. The van der Waals surface area contributed by atoms with E-state index in [-0.39, 0.29) is 21.8 Å². The lowest BCUT2D eigenvalue weighted by atomic mass is 10.1. The highest BCUT2D eigenvalue weighted by Crippen LogP contribution is 2.12. The maximum Gasteiger partial charge on any atom is 0.272 e. The highest BCUT2D eigenvalue weighted by molar-refractivity contribution is 5.52. The smallest absolute Gasteiger partial charge is 0.272 e. The molecule has 1 aromatic heterocycles. The molecule has 0 aliphatic rings. The zero-order valence-electron chi connectivity index (χ0n) is 17.6. The van der Waals surface area contributed by atoms with Crippen LogP contribution >= 0.6 is 0 Å². The molecule has 3 rings (SSSR count). The van der Waals surface area contributed by atoms with E-state index in [9.17, 15) is 9.59 Å². The lowest BCUT2D eigenvalue weighted by Gasteiger charge is -2.10. The van der Waals surface area contributed by atoms with Crippen LogP contribution in [0.3, 0.4) is 0 Å². The van der Waals surface area contributed by atoms with Crippen LogP contribution in [0.5, 0.6) is 5.75 Å². The van der Waals surface area contributed by atoms with Crippen molar-refractivity contribution in [1.29, 1.82) is 0 Å². The molecule has 0 bridgehead atoms. The van der Waals surface area contributed by atoms with Crippen LogP contribution in [-0.2, 0) is 0 Å². The fourth-order valence-corrected chi connectivity index (χ4v) is 3.00. The van der Waals surface area contributed by atoms with Gasteiger partial charge in [-0.25, -0.2) is 0 Å². The summed E-state index contributed by atoms with van der Waals surface area (Å²) in [6.07, 6.45) is 4.28. The number of hydrogen-bond acceptors (Lipinski definition) is 4. The van der Waals surface area contributed by atoms with Gasteiger partial charge in [0.25, 0.3) is 11.1 Å². The molecule has 0 spiro atoms. The van der Waals surface area contributed by atoms with Crippen molar-refractivity contribution in [2.24, 2.45) is 0 Å². The van der Waals surface area contributed by atoms with E-state index in [1.807, 2.05) is 69.6 Å². The highest BCUT2D eigenvalue weighted by Gasteiger charge is 2.00. The molecule has 0 radical (unpaired) electrons. The van der Waals surface area contributed by atoms with Crippen molar-refractivity contribution in [3.63, 3.8) is 0 Å². The summed E-state index contributed by atoms with van der Waals surface area (Å²) < 4.78 is 5.72. The quantitative estimate of drug-likeness (QED) is 0.582. The minimum Gasteiger partial charge on any atom is -0.494 e. The first kappa shape index (κ1) is 21.3. The van der Waals surface area contributed by atoms with Gasteiger partial charge in [0.05, 0.1) is 6.61 Å². The van der Waals surface area contributed by atoms with Crippen molar-refractivity contribution in [2.75, 3.05) is 27.2 Å². The molecular weight excluding hydrogens is 378 g/mol. The number of nitrogens with one attached hydrogen (secondary N) is 2. The highest BCUT2D eigenvalue weighted by atomic mass is 16.5. The van der Waals surface area contributed by atoms with Crippen molar-refractivity contribution in [3.05, 3.63) is 96.6 Å². The van der Waals surface area contributed by atoms with E-state index < -0.39 is 0 Å². The third kappa shape index (κ3) is 5.81. The second-order valence-corrected chi connectivity index (χ2v) is 7.46. The van der Waals surface area contributed by atoms with Crippen LogP contribution in [0.15, 0.2) is 58.1 Å². The number of aromatic amines is 2. The summed E-state index contributed by atoms with van der Waals surface area (Å²) in [7, 11) is 4.06. The first-order valence-corrected chi connectivity index (χ1v) is 9.92. The predicted octanol–water partition coefficient (Wildman–Crippen LogP) is 1.36. The lowest BCUT2D eigenvalue weighted by molar-refractivity contribution is 0.281. The Morgan fingerprint density at radius 3 is 2.17 bits per heavy atom. The van der Waals surface area contributed by atoms with Gasteiger partial charge in [0.1, 0.15) is 16.4 Å². The molecule has 1 heterocycles. The van der Waals surface area contributed by atoms with Gasteiger partial charge >= 0.3 is 0 Å². The molecule has 0 aliphatic carbocycles. The van der Waals surface area contributed by atoms with Gasteiger partial charge in [0.2, 0.25) is 0 Å². The molecule has 6 heteroatoms. The Morgan fingerprint density at radius 2 is 1.53 bits per heavy atom. The number of rotatable bonds is 7. The summed E-state index contributed by atoms with van der Waals surface area (Å²) in [5, 5.41) is 0.439. The maximum atomic E-state index is 12.5. The average Bonchev–Trinajstić information content (AvgIpc) is 2.71. The molecule has 0 saturated heterocycles. The van der Waals surface area contributed by atoms with E-state index in [4.69, 9.17) is 4.74 Å². The second-order valence-electron chi connectivity index (χ2n) is 7.46. The van der Waals surface area contributed by atoms with Crippen molar-refractivity contribution in [2.45, 2.75) is 13.3 Å². The fraction of sp³-hybridized carbons (Fsp3) is 0.250. The van der Waals surface area contributed by atoms with Crippen molar-refractivity contribution < 1.29 is 4.74 Å². The Hall–Kier alpha value is -3.38. The number of aryl methyl sites for hydroxylation is 1. The molecular formula is C24H27N3O3. The Labute approximate surface area is 175 Å². The summed E-state index contributed by atoms with van der Waals surface area (Å²) in [4.78, 5) is 32.4. The molecule has 3 aromatic rings. The minimum atomic E-state index is -0.349. The van der Waals surface area contributed by atoms with Crippen LogP contribution in [0.25, 0.3) is 12.2 Å². The van der Waals surface area contributed by atoms with E-state index >= 15 is 0 Å². The summed E-state index contributed by atoms with van der Waals surface area (Å²) in [6, 6.07) is 15.1. The normalized spacial score (nSPS) is 12.5. The molecule has 0 unspecified atom stereocenters. The number of H-pyrrole nitrogens is 2. The first-order chi connectivity index (χ1) is 14.4. The van der Waals surface area contributed by atoms with Gasteiger partial charge in [-0.05, 0) is 68.4 Å². The molecule has 2 N–H and O–H groups in total. The van der Waals surface area contributed by atoms with Crippen LogP contribution in [0, 0.1) is 6.92 Å². The molecule has 0 aliphatic heterocycles. The van der Waals surface area contributed by atoms with E-state index in [0.29, 0.717) is 6.61 Å². The van der Waals surface area contributed by atoms with Gasteiger partial charge in [-0.1, -0.05) is 36.4 Å². The summed E-state index contributed by atoms with van der Waals surface area (Å²) in [5.74, 6) is 0.775. The monoisotopic (exact) mass is 405 g/mol. The predicted molar refractivity (Wildman–Crippen MR) is 120 cm³/mol. The SMILES string of the molecule is Cc1ccccc1/C=c1\[nH]c(=O)/c(=C/c2ccc(OCCCN(C)C)cc2)[nH]c1=O. The molecule has 0 saturated carbocycles. The van der Waals surface area contributed by atoms with Crippen molar-refractivity contribution in [3.8, 4) is 5.75 Å². The van der Waals surface area contributed by atoms with Gasteiger partial charge in [-0.2, -0.15) is 0 Å². The lowest BCUT2D eigenvalue weighted by Crippen LogP contribution is -2.46. The standard InChI is InChI=1S/C24H27N3O3/c1-17-7-4-5-8-19(17)16-22-24(29)25-21(23(28)26-22)15-18-9-11-20(12-10-18)30-14-6-13-27(2)3/h4-5,7-12,15-16H,6,13-14H2,1-3H3,(H,25,29)(H,26,28)/b21-15-,22-16-. The third-order valence-corrected chi connectivity index (χ3v) is 4.68. The van der Waals surface area contributed by atoms with Gasteiger partial charge in [0.15, 0.2) is 0 Å². The number of benzene rings is 2. The van der Waals surface area contributed by atoms with Gasteiger partial charge in [-0.3, -0.25) is 9.59 Å². The number of ether oxygens (including phenoxy) is 1. The third-order valence-electron chi connectivity index (χ3n) is 4.68. The molecule has 156 valence electrons. The zero-order valence-corrected chi connectivity index (χ0v) is 17.6. The van der Waals surface area contributed by atoms with Crippen molar-refractivity contribution >= 4 is 12.2 Å². The van der Waals surface area contributed by atoms with E-state index in [2.05, 4.69) is 14.9 Å². The fourth-order valence-electron chi connectivity index (χ4n) is 3.00. The largest absolute Gasteiger partial charge is 0.494 e. The molecule has 0 fully saturated rings. The van der Waals surface area contributed by atoms with Gasteiger partial charge < -0.3 is 19.6 Å². The van der Waals surface area contributed by atoms with Crippen LogP contribution in [0.2, 0.25) is 0 Å². The van der Waals surface area contributed by atoms with Crippen LogP contribution in [0.4, 0.5) is 0 Å². The minimum absolute atomic E-state index is 0.210. The van der Waals surface area contributed by atoms with Gasteiger partial charge in [0, 0.05) is 6.54 Å². The summed E-state index contributed by atoms with van der Waals surface area (Å²) >= 11 is 0. The van der Waals surface area contributed by atoms with E-state index in [1.165, 1.54) is 0 Å². The van der Waals surface area contributed by atoms with Crippen molar-refractivity contribution in [1.82, 2.24) is 14.9 Å². The van der Waals surface area contributed by atoms with E-state index in [1.54, 1.807) is 12.2 Å². The Bertz CT molecular complexity index is 1220. The number of aromatic nitrogens is 2. The van der Waals surface area contributed by atoms with E-state index in [0.717, 1.165) is 35.4 Å². The van der Waals surface area contributed by atoms with Gasteiger partial charge in [-0.15, -0.1) is 0 Å². The topological polar surface area (TPSA) is 78.2 Å². The molecule has 0 atom stereocenters. The van der Waals surface area contributed by atoms with Crippen LogP contribution in [-0.4, -0.2) is 42.1 Å². The molecule has 6 nitrogen and oxygen atoms in total. The number of hydrogen-bond donors (Lipinski definition) is 2. The first-order valence-electron chi connectivity index (χ1n) is 9.92. The van der Waals surface area contributed by atoms with Crippen LogP contribution in [0.1, 0.15) is 23.1 Å². The average molecular weight is 405 g/mol. The summed E-state index contributed by atoms with van der Waals surface area (Å²) in [6.45, 7) is 3.57. The maximum absolute atomic E-state index is 12.5. The Balaban J connectivity index is 1.81. The Kier molecular flexibility index (Phi) is 7.03. The summed E-state index contributed by atoms with van der Waals surface area (Å²) in [5.41, 5.74) is 2.02.